The molecule has 1 aromatic heterocycles. The number of nitrogens with one attached hydrogen (secondary N) is 1. The summed E-state index contributed by atoms with van der Waals surface area (Å²) in [6.45, 7) is 7.38. The van der Waals surface area contributed by atoms with Crippen molar-refractivity contribution in [2.24, 2.45) is 0 Å². The highest BCUT2D eigenvalue weighted by atomic mass is 35.5. The molecule has 0 aliphatic rings. The summed E-state index contributed by atoms with van der Waals surface area (Å²) in [5, 5.41) is 18.3. The quantitative estimate of drug-likeness (QED) is 0.843. The van der Waals surface area contributed by atoms with Crippen LogP contribution in [0.3, 0.4) is 0 Å². The number of aromatic nitrogens is 2. The molecule has 0 amide bonds. The topological polar surface area (TPSA) is 50.1 Å². The van der Waals surface area contributed by atoms with Crippen LogP contribution in [0.15, 0.2) is 18.2 Å². The number of aliphatic hydroxyl groups is 1. The van der Waals surface area contributed by atoms with Gasteiger partial charge in [-0.15, -0.1) is 0 Å². The average molecular weight is 342 g/mol. The van der Waals surface area contributed by atoms with E-state index in [4.69, 9.17) is 28.3 Å². The van der Waals surface area contributed by atoms with E-state index in [2.05, 4.69) is 17.3 Å². The third-order valence-electron chi connectivity index (χ3n) is 3.86. The van der Waals surface area contributed by atoms with Gasteiger partial charge in [-0.05, 0) is 38.5 Å². The Bertz CT molecular complexity index is 655. The summed E-state index contributed by atoms with van der Waals surface area (Å²) in [7, 11) is 0. The Kier molecular flexibility index (Phi) is 5.87. The third-order valence-corrected chi connectivity index (χ3v) is 4.42. The minimum absolute atomic E-state index is 0.0889. The maximum Gasteiger partial charge on any atom is 0.0644 e. The maximum absolute atomic E-state index is 9.06. The second-order valence-electron chi connectivity index (χ2n) is 5.36. The fraction of sp³-hybridized carbons (Fsp3) is 0.438. The molecular weight excluding hydrogens is 321 g/mol. The van der Waals surface area contributed by atoms with Gasteiger partial charge in [0.2, 0.25) is 0 Å². The monoisotopic (exact) mass is 341 g/mol. The van der Waals surface area contributed by atoms with Crippen molar-refractivity contribution in [2.45, 2.75) is 39.9 Å². The van der Waals surface area contributed by atoms with Crippen molar-refractivity contribution in [3.63, 3.8) is 0 Å². The first-order valence-electron chi connectivity index (χ1n) is 7.26. The van der Waals surface area contributed by atoms with Gasteiger partial charge in [0.1, 0.15) is 0 Å². The Hall–Kier alpha value is -1.07. The van der Waals surface area contributed by atoms with Gasteiger partial charge in [0, 0.05) is 33.9 Å². The molecule has 1 unspecified atom stereocenters. The fourth-order valence-electron chi connectivity index (χ4n) is 2.52. The van der Waals surface area contributed by atoms with E-state index >= 15 is 0 Å². The molecule has 0 saturated heterocycles. The van der Waals surface area contributed by atoms with Crippen LogP contribution in [0.1, 0.15) is 35.5 Å². The molecule has 0 bridgehead atoms. The molecule has 120 valence electrons. The molecule has 2 aromatic rings. The molecule has 2 rings (SSSR count). The fourth-order valence-corrected chi connectivity index (χ4v) is 3.09. The molecule has 0 aliphatic heterocycles. The standard InChI is InChI=1S/C16H21Cl2N3O/c1-10(14-5-4-13(17)8-16(14)18)19-9-15-11(2)20-21(6-7-22)12(15)3/h4-5,8,10,19,22H,6-7,9H2,1-3H3. The Morgan fingerprint density at radius 2 is 2.05 bits per heavy atom. The van der Waals surface area contributed by atoms with Gasteiger partial charge < -0.3 is 10.4 Å². The summed E-state index contributed by atoms with van der Waals surface area (Å²) in [6.07, 6.45) is 0. The van der Waals surface area contributed by atoms with Crippen LogP contribution in [-0.4, -0.2) is 21.5 Å². The number of aryl methyl sites for hydroxylation is 1. The number of hydrogen-bond acceptors (Lipinski definition) is 3. The normalized spacial score (nSPS) is 12.6. The number of aliphatic hydroxyl groups excluding tert-OH is 1. The first-order valence-corrected chi connectivity index (χ1v) is 8.01. The molecule has 1 heterocycles. The van der Waals surface area contributed by atoms with E-state index in [1.807, 2.05) is 30.7 Å². The third kappa shape index (κ3) is 3.82. The first kappa shape index (κ1) is 17.3. The van der Waals surface area contributed by atoms with Gasteiger partial charge in [0.15, 0.2) is 0 Å². The summed E-state index contributed by atoms with van der Waals surface area (Å²) in [5.41, 5.74) is 4.23. The van der Waals surface area contributed by atoms with Crippen LogP contribution < -0.4 is 5.32 Å². The predicted octanol–water partition coefficient (Wildman–Crippen LogP) is 3.65. The number of halogens is 2. The summed E-state index contributed by atoms with van der Waals surface area (Å²) in [4.78, 5) is 0. The first-order chi connectivity index (χ1) is 10.4. The molecule has 0 saturated carbocycles. The van der Waals surface area contributed by atoms with Crippen LogP contribution in [-0.2, 0) is 13.1 Å². The molecular formula is C16H21Cl2N3O. The largest absolute Gasteiger partial charge is 0.394 e. The smallest absolute Gasteiger partial charge is 0.0644 e. The molecule has 22 heavy (non-hydrogen) atoms. The van der Waals surface area contributed by atoms with E-state index in [1.54, 1.807) is 6.07 Å². The van der Waals surface area contributed by atoms with Gasteiger partial charge in [-0.2, -0.15) is 5.10 Å². The van der Waals surface area contributed by atoms with Crippen LogP contribution in [0.2, 0.25) is 10.0 Å². The number of benzene rings is 1. The van der Waals surface area contributed by atoms with Crippen LogP contribution in [0.25, 0.3) is 0 Å². The number of rotatable bonds is 6. The zero-order valence-electron chi connectivity index (χ0n) is 13.0. The van der Waals surface area contributed by atoms with Crippen molar-refractivity contribution in [1.82, 2.24) is 15.1 Å². The SMILES string of the molecule is Cc1nn(CCO)c(C)c1CNC(C)c1ccc(Cl)cc1Cl. The highest BCUT2D eigenvalue weighted by Crippen LogP contribution is 2.26. The van der Waals surface area contributed by atoms with Crippen molar-refractivity contribution in [3.8, 4) is 0 Å². The number of hydrogen-bond donors (Lipinski definition) is 2. The Morgan fingerprint density at radius 3 is 2.68 bits per heavy atom. The van der Waals surface area contributed by atoms with E-state index in [0.29, 0.717) is 23.1 Å². The van der Waals surface area contributed by atoms with Crippen molar-refractivity contribution in [2.75, 3.05) is 6.61 Å². The minimum atomic E-state index is 0.0889. The Labute approximate surface area is 141 Å². The lowest BCUT2D eigenvalue weighted by Gasteiger charge is -2.16. The van der Waals surface area contributed by atoms with E-state index in [1.165, 1.54) is 0 Å². The molecule has 0 spiro atoms. The molecule has 1 atom stereocenters. The van der Waals surface area contributed by atoms with Gasteiger partial charge in [0.25, 0.3) is 0 Å². The maximum atomic E-state index is 9.06. The zero-order valence-corrected chi connectivity index (χ0v) is 14.5. The average Bonchev–Trinajstić information content (AvgIpc) is 2.71. The van der Waals surface area contributed by atoms with Crippen LogP contribution >= 0.6 is 23.2 Å². The summed E-state index contributed by atoms with van der Waals surface area (Å²) in [5.74, 6) is 0. The molecule has 4 nitrogen and oxygen atoms in total. The summed E-state index contributed by atoms with van der Waals surface area (Å²) in [6, 6.07) is 5.64. The van der Waals surface area contributed by atoms with E-state index in [9.17, 15) is 0 Å². The van der Waals surface area contributed by atoms with Crippen molar-refractivity contribution in [3.05, 3.63) is 50.8 Å². The molecule has 0 aliphatic carbocycles. The van der Waals surface area contributed by atoms with Gasteiger partial charge in [-0.1, -0.05) is 29.3 Å². The van der Waals surface area contributed by atoms with E-state index in [-0.39, 0.29) is 12.6 Å². The molecule has 0 fully saturated rings. The van der Waals surface area contributed by atoms with Crippen LogP contribution in [0.4, 0.5) is 0 Å². The molecule has 1 aromatic carbocycles. The van der Waals surface area contributed by atoms with Gasteiger partial charge in [-0.3, -0.25) is 4.68 Å². The van der Waals surface area contributed by atoms with Crippen LogP contribution in [0, 0.1) is 13.8 Å². The van der Waals surface area contributed by atoms with Gasteiger partial charge >= 0.3 is 0 Å². The van der Waals surface area contributed by atoms with Crippen molar-refractivity contribution in [1.29, 1.82) is 0 Å². The molecule has 0 radical (unpaired) electrons. The predicted molar refractivity (Wildman–Crippen MR) is 90.5 cm³/mol. The minimum Gasteiger partial charge on any atom is -0.394 e. The highest BCUT2D eigenvalue weighted by molar-refractivity contribution is 6.35. The summed E-state index contributed by atoms with van der Waals surface area (Å²) >= 11 is 12.2. The van der Waals surface area contributed by atoms with Crippen LogP contribution in [0.5, 0.6) is 0 Å². The zero-order chi connectivity index (χ0) is 16.3. The lowest BCUT2D eigenvalue weighted by atomic mass is 10.1. The molecule has 2 N–H and O–H groups in total. The van der Waals surface area contributed by atoms with E-state index < -0.39 is 0 Å². The second-order valence-corrected chi connectivity index (χ2v) is 6.21. The Morgan fingerprint density at radius 1 is 1.32 bits per heavy atom. The lowest BCUT2D eigenvalue weighted by Crippen LogP contribution is -2.19. The van der Waals surface area contributed by atoms with Crippen molar-refractivity contribution >= 4 is 23.2 Å². The van der Waals surface area contributed by atoms with Gasteiger partial charge in [0.05, 0.1) is 18.8 Å². The Balaban J connectivity index is 2.09. The lowest BCUT2D eigenvalue weighted by molar-refractivity contribution is 0.267. The second kappa shape index (κ2) is 7.47. The number of nitrogens with zero attached hydrogens (tertiary/aromatic N) is 2. The van der Waals surface area contributed by atoms with Crippen molar-refractivity contribution < 1.29 is 5.11 Å². The molecule has 6 heteroatoms. The highest BCUT2D eigenvalue weighted by Gasteiger charge is 2.14. The van der Waals surface area contributed by atoms with E-state index in [0.717, 1.165) is 22.5 Å². The summed E-state index contributed by atoms with van der Waals surface area (Å²) < 4.78 is 1.84. The van der Waals surface area contributed by atoms with Gasteiger partial charge in [-0.25, -0.2) is 0 Å².